The van der Waals surface area contributed by atoms with Crippen LogP contribution in [-0.2, 0) is 6.61 Å². The molecule has 0 bridgehead atoms. The summed E-state index contributed by atoms with van der Waals surface area (Å²) >= 11 is 10.7. The maximum atomic E-state index is 10.6. The molecule has 0 unspecified atom stereocenters. The van der Waals surface area contributed by atoms with Crippen LogP contribution in [0.15, 0.2) is 34.1 Å². The molecule has 1 heterocycles. The Morgan fingerprint density at radius 3 is 2.78 bits per heavy atom. The second kappa shape index (κ2) is 5.69. The number of ether oxygens (including phenoxy) is 1. The molecule has 1 aromatic carbocycles. The highest BCUT2D eigenvalue weighted by molar-refractivity contribution is 9.10. The molecule has 2 aromatic rings. The van der Waals surface area contributed by atoms with Gasteiger partial charge in [0.1, 0.15) is 17.4 Å². The third-order valence-corrected chi connectivity index (χ3v) is 4.09. The largest absolute Gasteiger partial charge is 0.488 e. The summed E-state index contributed by atoms with van der Waals surface area (Å²) in [7, 11) is 0. The van der Waals surface area contributed by atoms with Crippen molar-refractivity contribution < 1.29 is 9.66 Å². The van der Waals surface area contributed by atoms with E-state index in [2.05, 4.69) is 15.9 Å². The Labute approximate surface area is 120 Å². The second-order valence-corrected chi connectivity index (χ2v) is 5.71. The van der Waals surface area contributed by atoms with Gasteiger partial charge in [-0.15, -0.1) is 11.3 Å². The molecular formula is C11H7BrClNO3S. The van der Waals surface area contributed by atoms with Gasteiger partial charge in [0.25, 0.3) is 5.69 Å². The minimum Gasteiger partial charge on any atom is -0.488 e. The first kappa shape index (κ1) is 13.3. The van der Waals surface area contributed by atoms with Crippen molar-refractivity contribution in [2.24, 2.45) is 0 Å². The Hall–Kier alpha value is -1.11. The number of hydrogen-bond donors (Lipinski definition) is 0. The van der Waals surface area contributed by atoms with Crippen LogP contribution >= 0.6 is 38.9 Å². The minimum absolute atomic E-state index is 0.0739. The van der Waals surface area contributed by atoms with Crippen LogP contribution in [0, 0.1) is 10.1 Å². The number of hydrogen-bond acceptors (Lipinski definition) is 4. The Kier molecular flexibility index (Phi) is 4.21. The molecule has 2 rings (SSSR count). The van der Waals surface area contributed by atoms with Crippen molar-refractivity contribution in [1.29, 1.82) is 0 Å². The van der Waals surface area contributed by atoms with Crippen molar-refractivity contribution in [2.45, 2.75) is 6.61 Å². The fourth-order valence-corrected chi connectivity index (χ4v) is 2.91. The van der Waals surface area contributed by atoms with Gasteiger partial charge >= 0.3 is 0 Å². The van der Waals surface area contributed by atoms with E-state index in [4.69, 9.17) is 16.3 Å². The van der Waals surface area contributed by atoms with Gasteiger partial charge in [0, 0.05) is 26.9 Å². The molecule has 94 valence electrons. The quantitative estimate of drug-likeness (QED) is 0.597. The number of rotatable bonds is 4. The van der Waals surface area contributed by atoms with E-state index in [0.29, 0.717) is 12.4 Å². The van der Waals surface area contributed by atoms with Crippen molar-refractivity contribution >= 4 is 44.6 Å². The van der Waals surface area contributed by atoms with Gasteiger partial charge in [0.15, 0.2) is 0 Å². The summed E-state index contributed by atoms with van der Waals surface area (Å²) in [6, 6.07) is 6.27. The zero-order chi connectivity index (χ0) is 13.1. The molecule has 4 nitrogen and oxygen atoms in total. The molecule has 0 fully saturated rings. The summed E-state index contributed by atoms with van der Waals surface area (Å²) in [4.78, 5) is 11.1. The molecule has 0 aliphatic rings. The molecule has 0 radical (unpaired) electrons. The number of thiophene rings is 1. The van der Waals surface area contributed by atoms with Gasteiger partial charge in [-0.3, -0.25) is 10.1 Å². The summed E-state index contributed by atoms with van der Waals surface area (Å²) < 4.78 is 6.51. The zero-order valence-electron chi connectivity index (χ0n) is 8.93. The molecule has 0 saturated carbocycles. The predicted octanol–water partition coefficient (Wildman–Crippen LogP) is 4.65. The average molecular weight is 349 g/mol. The predicted molar refractivity (Wildman–Crippen MR) is 74.5 cm³/mol. The molecule has 0 spiro atoms. The highest BCUT2D eigenvalue weighted by atomic mass is 79.9. The third-order valence-electron chi connectivity index (χ3n) is 2.12. The molecule has 0 amide bonds. The highest BCUT2D eigenvalue weighted by Crippen LogP contribution is 2.29. The first-order chi connectivity index (χ1) is 8.56. The van der Waals surface area contributed by atoms with Crippen LogP contribution < -0.4 is 4.74 Å². The van der Waals surface area contributed by atoms with Crippen molar-refractivity contribution in [3.63, 3.8) is 0 Å². The lowest BCUT2D eigenvalue weighted by atomic mass is 10.3. The lowest BCUT2D eigenvalue weighted by molar-refractivity contribution is -0.384. The molecule has 18 heavy (non-hydrogen) atoms. The topological polar surface area (TPSA) is 52.4 Å². The van der Waals surface area contributed by atoms with Crippen molar-refractivity contribution in [2.75, 3.05) is 0 Å². The SMILES string of the molecule is O=[N+]([O-])c1ccc(OCc2cc(Br)cs2)cc1Cl. The number of halogens is 2. The van der Waals surface area contributed by atoms with Gasteiger partial charge in [-0.25, -0.2) is 0 Å². The van der Waals surface area contributed by atoms with Crippen molar-refractivity contribution in [1.82, 2.24) is 0 Å². The van der Waals surface area contributed by atoms with Crippen LogP contribution in [0.2, 0.25) is 5.02 Å². The highest BCUT2D eigenvalue weighted by Gasteiger charge is 2.12. The number of nitro groups is 1. The fourth-order valence-electron chi connectivity index (χ4n) is 1.31. The van der Waals surface area contributed by atoms with Crippen LogP contribution in [-0.4, -0.2) is 4.92 Å². The van der Waals surface area contributed by atoms with Gasteiger partial charge in [-0.05, 0) is 28.1 Å². The summed E-state index contributed by atoms with van der Waals surface area (Å²) in [6.07, 6.45) is 0. The molecule has 0 N–H and O–H groups in total. The first-order valence-electron chi connectivity index (χ1n) is 4.86. The standard InChI is InChI=1S/C11H7BrClNO3S/c12-7-3-9(18-6-7)5-17-8-1-2-11(14(15)16)10(13)4-8/h1-4,6H,5H2. The van der Waals surface area contributed by atoms with Gasteiger partial charge in [0.05, 0.1) is 4.92 Å². The Morgan fingerprint density at radius 1 is 1.44 bits per heavy atom. The third kappa shape index (κ3) is 3.22. The van der Waals surface area contributed by atoms with E-state index in [1.165, 1.54) is 18.2 Å². The summed E-state index contributed by atoms with van der Waals surface area (Å²) in [5.41, 5.74) is -0.122. The van der Waals surface area contributed by atoms with Crippen molar-refractivity contribution in [3.05, 3.63) is 54.1 Å². The molecule has 0 atom stereocenters. The second-order valence-electron chi connectivity index (χ2n) is 3.39. The van der Waals surface area contributed by atoms with Crippen LogP contribution in [0.25, 0.3) is 0 Å². The van der Waals surface area contributed by atoms with E-state index < -0.39 is 4.92 Å². The Morgan fingerprint density at radius 2 is 2.22 bits per heavy atom. The monoisotopic (exact) mass is 347 g/mol. The maximum absolute atomic E-state index is 10.6. The summed E-state index contributed by atoms with van der Waals surface area (Å²) in [6.45, 7) is 0.407. The molecule has 1 aromatic heterocycles. The van der Waals surface area contributed by atoms with Crippen molar-refractivity contribution in [3.8, 4) is 5.75 Å². The van der Waals surface area contributed by atoms with Crippen LogP contribution in [0.5, 0.6) is 5.75 Å². The van der Waals surface area contributed by atoms with E-state index in [9.17, 15) is 10.1 Å². The van der Waals surface area contributed by atoms with E-state index in [1.807, 2.05) is 11.4 Å². The van der Waals surface area contributed by atoms with Crippen LogP contribution in [0.3, 0.4) is 0 Å². The number of benzene rings is 1. The van der Waals surface area contributed by atoms with E-state index in [-0.39, 0.29) is 10.7 Å². The fraction of sp³-hybridized carbons (Fsp3) is 0.0909. The van der Waals surface area contributed by atoms with E-state index >= 15 is 0 Å². The lowest BCUT2D eigenvalue weighted by Crippen LogP contribution is -1.94. The molecule has 0 saturated heterocycles. The van der Waals surface area contributed by atoms with Gasteiger partial charge < -0.3 is 4.74 Å². The minimum atomic E-state index is -0.525. The van der Waals surface area contributed by atoms with Gasteiger partial charge in [-0.1, -0.05) is 11.6 Å². The lowest BCUT2D eigenvalue weighted by Gasteiger charge is -2.04. The average Bonchev–Trinajstić information content (AvgIpc) is 2.72. The van der Waals surface area contributed by atoms with Crippen LogP contribution in [0.4, 0.5) is 5.69 Å². The Bertz CT molecular complexity index is 587. The zero-order valence-corrected chi connectivity index (χ0v) is 12.1. The Balaban J connectivity index is 2.06. The van der Waals surface area contributed by atoms with E-state index in [1.54, 1.807) is 11.3 Å². The number of nitro benzene ring substituents is 1. The summed E-state index contributed by atoms with van der Waals surface area (Å²) in [5.74, 6) is 0.509. The van der Waals surface area contributed by atoms with Gasteiger partial charge in [0.2, 0.25) is 0 Å². The summed E-state index contributed by atoms with van der Waals surface area (Å²) in [5, 5.41) is 12.6. The number of nitrogens with zero attached hydrogens (tertiary/aromatic N) is 1. The molecular weight excluding hydrogens is 342 g/mol. The molecule has 0 aliphatic heterocycles. The van der Waals surface area contributed by atoms with E-state index in [0.717, 1.165) is 9.35 Å². The maximum Gasteiger partial charge on any atom is 0.288 e. The molecule has 0 aliphatic carbocycles. The van der Waals surface area contributed by atoms with Crippen LogP contribution in [0.1, 0.15) is 4.88 Å². The molecule has 7 heteroatoms. The van der Waals surface area contributed by atoms with Gasteiger partial charge in [-0.2, -0.15) is 0 Å². The normalized spacial score (nSPS) is 10.3. The first-order valence-corrected chi connectivity index (χ1v) is 6.91. The smallest absolute Gasteiger partial charge is 0.288 e.